The molecule has 0 bridgehead atoms. The normalized spacial score (nSPS) is 15.7. The predicted molar refractivity (Wildman–Crippen MR) is 126 cm³/mol. The minimum absolute atomic E-state index is 0.112. The first-order valence-electron chi connectivity index (χ1n) is 10.8. The number of likely N-dealkylation sites (N-methyl/N-ethyl adjacent to an activating group) is 1. The van der Waals surface area contributed by atoms with Crippen LogP contribution in [0.1, 0.15) is 19.0 Å². The summed E-state index contributed by atoms with van der Waals surface area (Å²) in [5.41, 5.74) is 1.58. The summed E-state index contributed by atoms with van der Waals surface area (Å²) < 4.78 is 35.1. The molecule has 3 aromatic rings. The van der Waals surface area contributed by atoms with E-state index in [0.717, 1.165) is 12.1 Å². The van der Waals surface area contributed by atoms with E-state index in [1.807, 2.05) is 14.0 Å². The van der Waals surface area contributed by atoms with Crippen molar-refractivity contribution in [3.05, 3.63) is 47.1 Å². The molecule has 176 valence electrons. The molecule has 0 aliphatic carbocycles. The number of nitrogens with one attached hydrogen (secondary N) is 1. The van der Waals surface area contributed by atoms with E-state index in [4.69, 9.17) is 4.74 Å². The van der Waals surface area contributed by atoms with Crippen molar-refractivity contribution in [2.45, 2.75) is 24.7 Å². The number of aromatic nitrogens is 4. The molecule has 10 nitrogen and oxygen atoms in total. The fraction of sp³-hybridized carbons (Fsp3) is 0.409. The summed E-state index contributed by atoms with van der Waals surface area (Å²) in [6.07, 6.45) is 2.76. The van der Waals surface area contributed by atoms with Gasteiger partial charge in [0.2, 0.25) is 10.0 Å². The molecule has 33 heavy (non-hydrogen) atoms. The summed E-state index contributed by atoms with van der Waals surface area (Å²) in [6, 6.07) is 4.55. The maximum atomic E-state index is 13.3. The first kappa shape index (κ1) is 23.1. The smallest absolute Gasteiger partial charge is 0.277 e. The third-order valence-electron chi connectivity index (χ3n) is 5.77. The van der Waals surface area contributed by atoms with Crippen LogP contribution in [-0.4, -0.2) is 70.6 Å². The SMILES string of the molecule is C=COc1ccc(S(=O)(=O)N2CCN(C)CC2)cc1-c1nc2c(CCC)nn(C)c2c(=O)[nH]1. The lowest BCUT2D eigenvalue weighted by Crippen LogP contribution is -2.47. The lowest BCUT2D eigenvalue weighted by Gasteiger charge is -2.31. The molecule has 0 atom stereocenters. The Balaban J connectivity index is 1.86. The van der Waals surface area contributed by atoms with E-state index in [1.165, 1.54) is 27.4 Å². The Bertz CT molecular complexity index is 1350. The molecule has 0 unspecified atom stereocenters. The van der Waals surface area contributed by atoms with Crippen molar-refractivity contribution in [3.63, 3.8) is 0 Å². The average Bonchev–Trinajstić information content (AvgIpc) is 3.10. The minimum atomic E-state index is -3.72. The highest BCUT2D eigenvalue weighted by atomic mass is 32.2. The molecule has 1 aliphatic heterocycles. The fourth-order valence-corrected chi connectivity index (χ4v) is 5.45. The lowest BCUT2D eigenvalue weighted by molar-refractivity contribution is 0.222. The zero-order valence-corrected chi connectivity index (χ0v) is 19.9. The van der Waals surface area contributed by atoms with Gasteiger partial charge >= 0.3 is 0 Å². The molecule has 0 amide bonds. The Hall–Kier alpha value is -3.02. The van der Waals surface area contributed by atoms with E-state index in [2.05, 4.69) is 26.5 Å². The molecule has 4 rings (SSSR count). The molecule has 1 N–H and O–H groups in total. The third kappa shape index (κ3) is 4.31. The standard InChI is InChI=1S/C22H28N6O4S/c1-5-7-17-19-20(27(4)25-17)22(29)24-21(23-19)16-14-15(8-9-18(16)32-6-2)33(30,31)28-12-10-26(3)11-13-28/h6,8-9,14H,2,5,7,10-13H2,1,3-4H3,(H,23,24,29). The molecule has 0 radical (unpaired) electrons. The van der Waals surface area contributed by atoms with Gasteiger partial charge in [-0.1, -0.05) is 19.9 Å². The highest BCUT2D eigenvalue weighted by molar-refractivity contribution is 7.89. The molecule has 1 aromatic carbocycles. The number of sulfonamides is 1. The highest BCUT2D eigenvalue weighted by Gasteiger charge is 2.29. The maximum absolute atomic E-state index is 13.3. The van der Waals surface area contributed by atoms with Crippen molar-refractivity contribution >= 4 is 21.1 Å². The van der Waals surface area contributed by atoms with Gasteiger partial charge in [-0.15, -0.1) is 0 Å². The third-order valence-corrected chi connectivity index (χ3v) is 7.66. The van der Waals surface area contributed by atoms with Crippen LogP contribution < -0.4 is 10.3 Å². The molecule has 0 saturated carbocycles. The van der Waals surface area contributed by atoms with Gasteiger partial charge in [-0.05, 0) is 31.7 Å². The van der Waals surface area contributed by atoms with Crippen molar-refractivity contribution in [2.24, 2.45) is 7.05 Å². The lowest BCUT2D eigenvalue weighted by atomic mass is 10.1. The topological polar surface area (TPSA) is 113 Å². The molecule has 1 fully saturated rings. The van der Waals surface area contributed by atoms with E-state index in [0.29, 0.717) is 54.9 Å². The number of aryl methyl sites for hydroxylation is 2. The van der Waals surface area contributed by atoms with Gasteiger partial charge in [-0.25, -0.2) is 13.4 Å². The van der Waals surface area contributed by atoms with Gasteiger partial charge in [0.25, 0.3) is 5.56 Å². The molecular weight excluding hydrogens is 444 g/mol. The van der Waals surface area contributed by atoms with Crippen LogP contribution in [0.25, 0.3) is 22.4 Å². The molecule has 11 heteroatoms. The number of rotatable bonds is 7. The Morgan fingerprint density at radius 2 is 1.94 bits per heavy atom. The van der Waals surface area contributed by atoms with Crippen molar-refractivity contribution in [1.82, 2.24) is 29.0 Å². The average molecular weight is 473 g/mol. The van der Waals surface area contributed by atoms with Crippen LogP contribution >= 0.6 is 0 Å². The van der Waals surface area contributed by atoms with Crippen LogP contribution in [0.4, 0.5) is 0 Å². The van der Waals surface area contributed by atoms with Gasteiger partial charge in [0.15, 0.2) is 5.52 Å². The van der Waals surface area contributed by atoms with Crippen LogP contribution in [0.5, 0.6) is 5.75 Å². The van der Waals surface area contributed by atoms with Gasteiger partial charge < -0.3 is 14.6 Å². The van der Waals surface area contributed by atoms with Crippen LogP contribution in [0.15, 0.2) is 40.7 Å². The number of H-pyrrole nitrogens is 1. The molecule has 1 aliphatic rings. The summed E-state index contributed by atoms with van der Waals surface area (Å²) in [7, 11) is -0.0568. The number of benzene rings is 1. The van der Waals surface area contributed by atoms with Crippen molar-refractivity contribution in [1.29, 1.82) is 0 Å². The van der Waals surface area contributed by atoms with Gasteiger partial charge in [0.1, 0.15) is 17.1 Å². The van der Waals surface area contributed by atoms with E-state index in [1.54, 1.807) is 13.1 Å². The Kier molecular flexibility index (Phi) is 6.37. The molecule has 1 saturated heterocycles. The van der Waals surface area contributed by atoms with E-state index < -0.39 is 10.0 Å². The predicted octanol–water partition coefficient (Wildman–Crippen LogP) is 1.73. The number of fused-ring (bicyclic) bond motifs is 1. The van der Waals surface area contributed by atoms with E-state index in [9.17, 15) is 13.2 Å². The monoisotopic (exact) mass is 472 g/mol. The molecule has 3 heterocycles. The zero-order valence-electron chi connectivity index (χ0n) is 19.0. The second-order valence-electron chi connectivity index (χ2n) is 8.08. The number of aromatic amines is 1. The largest absolute Gasteiger partial charge is 0.465 e. The summed E-state index contributed by atoms with van der Waals surface area (Å²) in [6.45, 7) is 7.77. The Morgan fingerprint density at radius 3 is 2.61 bits per heavy atom. The minimum Gasteiger partial charge on any atom is -0.465 e. The Labute approximate surface area is 192 Å². The zero-order chi connectivity index (χ0) is 23.8. The number of nitrogens with zero attached hydrogens (tertiary/aromatic N) is 5. The van der Waals surface area contributed by atoms with Gasteiger partial charge in [0.05, 0.1) is 22.4 Å². The number of ether oxygens (including phenoxy) is 1. The summed E-state index contributed by atoms with van der Waals surface area (Å²) in [4.78, 5) is 22.5. The van der Waals surface area contributed by atoms with Gasteiger partial charge in [0, 0.05) is 33.2 Å². The van der Waals surface area contributed by atoms with Crippen LogP contribution in [0.2, 0.25) is 0 Å². The van der Waals surface area contributed by atoms with Crippen molar-refractivity contribution in [3.8, 4) is 17.1 Å². The first-order valence-corrected chi connectivity index (χ1v) is 12.3. The highest BCUT2D eigenvalue weighted by Crippen LogP contribution is 2.32. The number of hydrogen-bond donors (Lipinski definition) is 1. The Morgan fingerprint density at radius 1 is 1.21 bits per heavy atom. The maximum Gasteiger partial charge on any atom is 0.277 e. The van der Waals surface area contributed by atoms with Crippen LogP contribution in [0, 0.1) is 0 Å². The first-order chi connectivity index (χ1) is 15.8. The van der Waals surface area contributed by atoms with E-state index in [-0.39, 0.29) is 16.3 Å². The summed E-state index contributed by atoms with van der Waals surface area (Å²) >= 11 is 0. The number of piperazine rings is 1. The second-order valence-corrected chi connectivity index (χ2v) is 10.0. The molecule has 2 aromatic heterocycles. The number of hydrogen-bond acceptors (Lipinski definition) is 7. The van der Waals surface area contributed by atoms with Gasteiger partial charge in [-0.3, -0.25) is 9.48 Å². The second kappa shape index (κ2) is 9.08. The molecular formula is C22H28N6O4S. The quantitative estimate of drug-likeness (QED) is 0.521. The fourth-order valence-electron chi connectivity index (χ4n) is 4.00. The summed E-state index contributed by atoms with van der Waals surface area (Å²) in [5, 5.41) is 4.44. The van der Waals surface area contributed by atoms with Gasteiger partial charge in [-0.2, -0.15) is 9.40 Å². The van der Waals surface area contributed by atoms with Crippen molar-refractivity contribution < 1.29 is 13.2 Å². The van der Waals surface area contributed by atoms with Crippen molar-refractivity contribution in [2.75, 3.05) is 33.2 Å². The van der Waals surface area contributed by atoms with Crippen LogP contribution in [0.3, 0.4) is 0 Å². The molecule has 0 spiro atoms. The summed E-state index contributed by atoms with van der Waals surface area (Å²) in [5.74, 6) is 0.552. The van der Waals surface area contributed by atoms with E-state index >= 15 is 0 Å². The van der Waals surface area contributed by atoms with Crippen LogP contribution in [-0.2, 0) is 23.5 Å².